The summed E-state index contributed by atoms with van der Waals surface area (Å²) >= 11 is 6.15. The molecule has 9 heteroatoms. The summed E-state index contributed by atoms with van der Waals surface area (Å²) in [5.74, 6) is -0.298. The van der Waals surface area contributed by atoms with Gasteiger partial charge in [-0.15, -0.1) is 0 Å². The molecule has 3 rings (SSSR count). The molecule has 0 unspecified atom stereocenters. The molecule has 156 valence electrons. The lowest BCUT2D eigenvalue weighted by atomic mass is 10.2. The molecule has 0 bridgehead atoms. The van der Waals surface area contributed by atoms with Crippen LogP contribution < -0.4 is 5.32 Å². The Morgan fingerprint density at radius 2 is 2.00 bits per heavy atom. The van der Waals surface area contributed by atoms with Gasteiger partial charge in [-0.2, -0.15) is 9.40 Å². The van der Waals surface area contributed by atoms with Gasteiger partial charge in [-0.3, -0.25) is 9.48 Å². The summed E-state index contributed by atoms with van der Waals surface area (Å²) in [5, 5.41) is 7.42. The Bertz CT molecular complexity index is 1020. The molecule has 1 aromatic carbocycles. The number of piperidine rings is 1. The molecule has 2 heterocycles. The van der Waals surface area contributed by atoms with Gasteiger partial charge in [-0.1, -0.05) is 30.2 Å². The molecule has 1 amide bonds. The minimum atomic E-state index is -3.49. The summed E-state index contributed by atoms with van der Waals surface area (Å²) in [5.41, 5.74) is 2.15. The van der Waals surface area contributed by atoms with Gasteiger partial charge in [0.05, 0.1) is 10.6 Å². The van der Waals surface area contributed by atoms with Crippen LogP contribution in [-0.2, 0) is 28.4 Å². The normalized spacial score (nSPS) is 15.7. The van der Waals surface area contributed by atoms with Gasteiger partial charge in [0, 0.05) is 38.3 Å². The highest BCUT2D eigenvalue weighted by molar-refractivity contribution is 7.89. The predicted molar refractivity (Wildman–Crippen MR) is 113 cm³/mol. The van der Waals surface area contributed by atoms with E-state index in [4.69, 9.17) is 11.6 Å². The fourth-order valence-corrected chi connectivity index (χ4v) is 5.14. The Morgan fingerprint density at radius 3 is 2.66 bits per heavy atom. The van der Waals surface area contributed by atoms with Gasteiger partial charge in [0.25, 0.3) is 0 Å². The van der Waals surface area contributed by atoms with Crippen LogP contribution in [0.15, 0.2) is 35.2 Å². The molecule has 0 saturated carbocycles. The van der Waals surface area contributed by atoms with Crippen molar-refractivity contribution in [1.29, 1.82) is 0 Å². The third-order valence-electron chi connectivity index (χ3n) is 4.92. The molecular weight excluding hydrogens is 412 g/mol. The highest BCUT2D eigenvalue weighted by Crippen LogP contribution is 2.22. The van der Waals surface area contributed by atoms with Gasteiger partial charge in [0.15, 0.2) is 0 Å². The number of hydrogen-bond acceptors (Lipinski definition) is 4. The summed E-state index contributed by atoms with van der Waals surface area (Å²) in [6, 6.07) is 6.71. The van der Waals surface area contributed by atoms with E-state index in [1.165, 1.54) is 10.4 Å². The van der Waals surface area contributed by atoms with Crippen LogP contribution in [0.2, 0.25) is 5.15 Å². The van der Waals surface area contributed by atoms with E-state index in [2.05, 4.69) is 10.4 Å². The molecule has 1 aromatic heterocycles. The monoisotopic (exact) mass is 436 g/mol. The van der Waals surface area contributed by atoms with Crippen LogP contribution in [0.3, 0.4) is 0 Å². The van der Waals surface area contributed by atoms with Gasteiger partial charge >= 0.3 is 0 Å². The van der Waals surface area contributed by atoms with E-state index in [0.717, 1.165) is 30.5 Å². The first-order valence-corrected chi connectivity index (χ1v) is 11.3. The van der Waals surface area contributed by atoms with Crippen molar-refractivity contribution >= 4 is 33.6 Å². The summed E-state index contributed by atoms with van der Waals surface area (Å²) in [6.45, 7) is 3.17. The molecule has 0 spiro atoms. The van der Waals surface area contributed by atoms with Crippen molar-refractivity contribution in [2.24, 2.45) is 7.05 Å². The summed E-state index contributed by atoms with van der Waals surface area (Å²) < 4.78 is 28.7. The maximum absolute atomic E-state index is 12.8. The second-order valence-corrected chi connectivity index (χ2v) is 9.37. The molecule has 1 aliphatic heterocycles. The Kier molecular flexibility index (Phi) is 6.77. The topological polar surface area (TPSA) is 84.3 Å². The van der Waals surface area contributed by atoms with E-state index in [0.29, 0.717) is 23.8 Å². The number of halogens is 1. The average molecular weight is 437 g/mol. The van der Waals surface area contributed by atoms with Gasteiger partial charge in [0.1, 0.15) is 5.15 Å². The second kappa shape index (κ2) is 9.11. The zero-order valence-electron chi connectivity index (χ0n) is 16.6. The van der Waals surface area contributed by atoms with E-state index >= 15 is 0 Å². The van der Waals surface area contributed by atoms with Crippen LogP contribution >= 0.6 is 11.6 Å². The van der Waals surface area contributed by atoms with Crippen molar-refractivity contribution in [3.63, 3.8) is 0 Å². The molecule has 1 fully saturated rings. The molecule has 0 atom stereocenters. The number of carbonyl (C=O) groups is 1. The molecule has 0 aliphatic carbocycles. The zero-order chi connectivity index (χ0) is 21.0. The summed E-state index contributed by atoms with van der Waals surface area (Å²) in [6.07, 6.45) is 5.86. The van der Waals surface area contributed by atoms with E-state index in [1.807, 2.05) is 6.92 Å². The average Bonchev–Trinajstić information content (AvgIpc) is 2.97. The van der Waals surface area contributed by atoms with E-state index in [9.17, 15) is 13.2 Å². The number of hydrogen-bond donors (Lipinski definition) is 1. The van der Waals surface area contributed by atoms with Gasteiger partial charge in [-0.25, -0.2) is 8.42 Å². The fourth-order valence-electron chi connectivity index (χ4n) is 3.31. The van der Waals surface area contributed by atoms with Crippen LogP contribution in [0.4, 0.5) is 0 Å². The highest BCUT2D eigenvalue weighted by atomic mass is 35.5. The first-order valence-electron chi connectivity index (χ1n) is 9.53. The summed E-state index contributed by atoms with van der Waals surface area (Å²) in [4.78, 5) is 12.4. The minimum Gasteiger partial charge on any atom is -0.348 e. The molecule has 2 aromatic rings. The van der Waals surface area contributed by atoms with Crippen LogP contribution in [0, 0.1) is 6.92 Å². The maximum Gasteiger partial charge on any atom is 0.244 e. The van der Waals surface area contributed by atoms with E-state index < -0.39 is 10.0 Å². The Morgan fingerprint density at radius 1 is 1.28 bits per heavy atom. The number of aryl methyl sites for hydroxylation is 2. The van der Waals surface area contributed by atoms with Crippen molar-refractivity contribution in [3.8, 4) is 0 Å². The van der Waals surface area contributed by atoms with Crippen molar-refractivity contribution in [2.45, 2.75) is 37.6 Å². The molecule has 1 saturated heterocycles. The SMILES string of the molecule is Cc1nn(C)c(Cl)c1/C=C/C(=O)NCc1cccc(S(=O)(=O)N2CCCCC2)c1. The molecule has 7 nitrogen and oxygen atoms in total. The first-order chi connectivity index (χ1) is 13.8. The second-order valence-electron chi connectivity index (χ2n) is 7.08. The minimum absolute atomic E-state index is 0.228. The van der Waals surface area contributed by atoms with Crippen molar-refractivity contribution in [1.82, 2.24) is 19.4 Å². The van der Waals surface area contributed by atoms with E-state index in [-0.39, 0.29) is 17.3 Å². The zero-order valence-corrected chi connectivity index (χ0v) is 18.1. The lowest BCUT2D eigenvalue weighted by Gasteiger charge is -2.26. The number of benzene rings is 1. The Hall–Kier alpha value is -2.16. The third-order valence-corrected chi connectivity index (χ3v) is 7.26. The van der Waals surface area contributed by atoms with Gasteiger partial charge < -0.3 is 5.32 Å². The number of carbonyl (C=O) groups excluding carboxylic acids is 1. The molecular formula is C20H25ClN4O3S. The number of amides is 1. The predicted octanol–water partition coefficient (Wildman–Crippen LogP) is 2.89. The van der Waals surface area contributed by atoms with Gasteiger partial charge in [-0.05, 0) is 43.5 Å². The molecule has 0 radical (unpaired) electrons. The molecule has 1 N–H and O–H groups in total. The van der Waals surface area contributed by atoms with Crippen LogP contribution in [0.25, 0.3) is 6.08 Å². The maximum atomic E-state index is 12.8. The van der Waals surface area contributed by atoms with Crippen LogP contribution in [0.1, 0.15) is 36.1 Å². The number of nitrogens with one attached hydrogen (secondary N) is 1. The third kappa shape index (κ3) is 5.07. The standard InChI is InChI=1S/C20H25ClN4O3S/c1-15-18(20(21)24(2)23-15)9-10-19(26)22-14-16-7-6-8-17(13-16)29(27,28)25-11-4-3-5-12-25/h6-10,13H,3-5,11-12,14H2,1-2H3,(H,22,26)/b10-9+. The van der Waals surface area contributed by atoms with Crippen molar-refractivity contribution in [2.75, 3.05) is 13.1 Å². The highest BCUT2D eigenvalue weighted by Gasteiger charge is 2.25. The Labute approximate surface area is 176 Å². The number of nitrogens with zero attached hydrogens (tertiary/aromatic N) is 3. The van der Waals surface area contributed by atoms with Gasteiger partial charge in [0.2, 0.25) is 15.9 Å². The van der Waals surface area contributed by atoms with Crippen molar-refractivity contribution in [3.05, 3.63) is 52.3 Å². The van der Waals surface area contributed by atoms with Crippen LogP contribution in [0.5, 0.6) is 0 Å². The fraction of sp³-hybridized carbons (Fsp3) is 0.400. The van der Waals surface area contributed by atoms with Crippen LogP contribution in [-0.4, -0.2) is 41.5 Å². The molecule has 29 heavy (non-hydrogen) atoms. The molecule has 1 aliphatic rings. The van der Waals surface area contributed by atoms with E-state index in [1.54, 1.807) is 42.1 Å². The Balaban J connectivity index is 1.64. The largest absolute Gasteiger partial charge is 0.348 e. The lowest BCUT2D eigenvalue weighted by Crippen LogP contribution is -2.35. The smallest absolute Gasteiger partial charge is 0.244 e. The number of aromatic nitrogens is 2. The number of sulfonamides is 1. The first kappa shape index (κ1) is 21.5. The lowest BCUT2D eigenvalue weighted by molar-refractivity contribution is -0.116. The quantitative estimate of drug-likeness (QED) is 0.705. The van der Waals surface area contributed by atoms with Crippen molar-refractivity contribution < 1.29 is 13.2 Å². The summed E-state index contributed by atoms with van der Waals surface area (Å²) in [7, 11) is -1.76. The number of rotatable bonds is 6.